The van der Waals surface area contributed by atoms with Crippen molar-refractivity contribution in [2.24, 2.45) is 0 Å². The van der Waals surface area contributed by atoms with E-state index in [2.05, 4.69) is 0 Å². The minimum absolute atomic E-state index is 0.184. The minimum Gasteiger partial charge on any atom is -0.497 e. The smallest absolute Gasteiger partial charge is 0.347 e. The van der Waals surface area contributed by atoms with E-state index in [0.717, 1.165) is 11.1 Å². The van der Waals surface area contributed by atoms with E-state index in [4.69, 9.17) is 23.4 Å². The van der Waals surface area contributed by atoms with E-state index >= 15 is 0 Å². The van der Waals surface area contributed by atoms with Crippen molar-refractivity contribution in [1.82, 2.24) is 0 Å². The number of allylic oxidation sites excluding steroid dienone is 1. The zero-order valence-electron chi connectivity index (χ0n) is 21.8. The molecule has 1 aliphatic heterocycles. The Morgan fingerprint density at radius 2 is 1.62 bits per heavy atom. The van der Waals surface area contributed by atoms with Crippen LogP contribution in [0.3, 0.4) is 0 Å². The molecule has 0 aliphatic carbocycles. The Morgan fingerprint density at radius 3 is 2.40 bits per heavy atom. The van der Waals surface area contributed by atoms with E-state index in [1.807, 2.05) is 42.5 Å². The highest BCUT2D eigenvalue weighted by molar-refractivity contribution is 6.14. The van der Waals surface area contributed by atoms with Crippen LogP contribution >= 0.6 is 0 Å². The van der Waals surface area contributed by atoms with Crippen LogP contribution in [0.4, 0.5) is 0 Å². The summed E-state index contributed by atoms with van der Waals surface area (Å²) in [6.07, 6.45) is 1.66. The monoisotopic (exact) mass is 532 g/mol. The molecule has 0 fully saturated rings. The van der Waals surface area contributed by atoms with E-state index in [1.54, 1.807) is 62.6 Å². The second-order valence-electron chi connectivity index (χ2n) is 9.23. The van der Waals surface area contributed by atoms with Gasteiger partial charge in [-0.2, -0.15) is 0 Å². The fourth-order valence-corrected chi connectivity index (χ4v) is 4.52. The minimum atomic E-state index is -0.588. The molecule has 0 atom stereocenters. The third kappa shape index (κ3) is 4.92. The molecule has 2 heterocycles. The predicted molar refractivity (Wildman–Crippen MR) is 149 cm³/mol. The molecule has 7 nitrogen and oxygen atoms in total. The topological polar surface area (TPSA) is 84.2 Å². The van der Waals surface area contributed by atoms with Crippen LogP contribution in [0.2, 0.25) is 0 Å². The van der Waals surface area contributed by atoms with Crippen LogP contribution in [0, 0.1) is 6.92 Å². The molecule has 0 saturated carbocycles. The zero-order valence-corrected chi connectivity index (χ0v) is 21.8. The molecular weight excluding hydrogens is 508 g/mol. The summed E-state index contributed by atoms with van der Waals surface area (Å²) in [5.41, 5.74) is 3.07. The number of hydrogen-bond acceptors (Lipinski definition) is 7. The van der Waals surface area contributed by atoms with Gasteiger partial charge in [0.2, 0.25) is 5.78 Å². The molecule has 198 valence electrons. The molecule has 0 spiro atoms. The van der Waals surface area contributed by atoms with Crippen LogP contribution in [-0.4, -0.2) is 18.9 Å². The molecule has 0 amide bonds. The quantitative estimate of drug-likeness (QED) is 0.125. The van der Waals surface area contributed by atoms with E-state index in [1.165, 1.54) is 6.07 Å². The number of carbonyl (C=O) groups is 2. The van der Waals surface area contributed by atoms with Gasteiger partial charge < -0.3 is 23.4 Å². The van der Waals surface area contributed by atoms with Gasteiger partial charge in [0.25, 0.3) is 0 Å². The summed E-state index contributed by atoms with van der Waals surface area (Å²) in [6, 6.07) is 27.1. The normalized spacial score (nSPS) is 13.2. The van der Waals surface area contributed by atoms with Gasteiger partial charge >= 0.3 is 5.97 Å². The van der Waals surface area contributed by atoms with Crippen LogP contribution < -0.4 is 18.9 Å². The molecule has 1 aromatic heterocycles. The fourth-order valence-electron chi connectivity index (χ4n) is 4.52. The number of rotatable bonds is 7. The number of fused-ring (bicyclic) bond motifs is 2. The molecule has 0 N–H and O–H groups in total. The van der Waals surface area contributed by atoms with Crippen molar-refractivity contribution in [2.45, 2.75) is 13.5 Å². The Bertz CT molecular complexity index is 1760. The number of ether oxygens (including phenoxy) is 4. The maximum Gasteiger partial charge on any atom is 0.347 e. The van der Waals surface area contributed by atoms with Crippen LogP contribution in [-0.2, 0) is 6.61 Å². The highest BCUT2D eigenvalue weighted by Crippen LogP contribution is 2.36. The van der Waals surface area contributed by atoms with Gasteiger partial charge in [0.05, 0.1) is 12.7 Å². The van der Waals surface area contributed by atoms with Gasteiger partial charge in [-0.05, 0) is 66.6 Å². The average molecular weight is 533 g/mol. The predicted octanol–water partition coefficient (Wildman–Crippen LogP) is 7.16. The number of methoxy groups -OCH3 is 1. The first-order valence-electron chi connectivity index (χ1n) is 12.6. The van der Waals surface area contributed by atoms with Gasteiger partial charge in [0, 0.05) is 11.5 Å². The summed E-state index contributed by atoms with van der Waals surface area (Å²) in [6.45, 7) is 2.10. The molecule has 5 aromatic rings. The molecule has 0 bridgehead atoms. The second kappa shape index (κ2) is 10.5. The number of furan rings is 1. The standard InChI is InChI=1S/C33H24O7/c1-20-31(27-17-24(13-15-28(27)38-20)37-19-22-6-4-3-5-7-22)33(35)39-25-12-14-26-29(18-25)40-30(32(26)34)16-21-8-10-23(36-2)11-9-21/h3-18H,19H2,1-2H3. The molecule has 4 aromatic carbocycles. The largest absolute Gasteiger partial charge is 0.497 e. The Kier molecular flexibility index (Phi) is 6.54. The van der Waals surface area contributed by atoms with Crippen LogP contribution in [0.15, 0.2) is 101 Å². The first-order chi connectivity index (χ1) is 19.5. The average Bonchev–Trinajstić information content (AvgIpc) is 3.47. The Balaban J connectivity index is 1.20. The number of ketones is 1. The lowest BCUT2D eigenvalue weighted by molar-refractivity contribution is 0.0734. The summed E-state index contributed by atoms with van der Waals surface area (Å²) in [7, 11) is 1.59. The highest BCUT2D eigenvalue weighted by Gasteiger charge is 2.29. The Hall–Kier alpha value is -5.30. The van der Waals surface area contributed by atoms with E-state index in [9.17, 15) is 9.59 Å². The Morgan fingerprint density at radius 1 is 0.875 bits per heavy atom. The number of carbonyl (C=O) groups excluding carboxylic acids is 2. The number of Topliss-reactive ketones (excluding diaryl/α,β-unsaturated/α-hetero) is 1. The SMILES string of the molecule is COc1ccc(C=C2Oc3cc(OC(=O)c4c(C)oc5ccc(OCc6ccccc6)cc45)ccc3C2=O)cc1. The lowest BCUT2D eigenvalue weighted by Crippen LogP contribution is -2.09. The third-order valence-electron chi connectivity index (χ3n) is 6.55. The number of aryl methyl sites for hydroxylation is 1. The van der Waals surface area contributed by atoms with Crippen molar-refractivity contribution in [3.8, 4) is 23.0 Å². The summed E-state index contributed by atoms with van der Waals surface area (Å²) < 4.78 is 28.4. The summed E-state index contributed by atoms with van der Waals surface area (Å²) >= 11 is 0. The number of hydrogen-bond donors (Lipinski definition) is 0. The van der Waals surface area contributed by atoms with Crippen molar-refractivity contribution in [1.29, 1.82) is 0 Å². The molecule has 40 heavy (non-hydrogen) atoms. The second-order valence-corrected chi connectivity index (χ2v) is 9.23. The van der Waals surface area contributed by atoms with Gasteiger partial charge in [-0.25, -0.2) is 4.79 Å². The first-order valence-corrected chi connectivity index (χ1v) is 12.6. The van der Waals surface area contributed by atoms with Gasteiger partial charge in [-0.15, -0.1) is 0 Å². The molecule has 1 aliphatic rings. The van der Waals surface area contributed by atoms with Crippen molar-refractivity contribution < 1.29 is 33.0 Å². The lowest BCUT2D eigenvalue weighted by atomic mass is 10.1. The van der Waals surface area contributed by atoms with Gasteiger partial charge in [0.15, 0.2) is 5.76 Å². The van der Waals surface area contributed by atoms with Crippen molar-refractivity contribution >= 4 is 28.8 Å². The van der Waals surface area contributed by atoms with Crippen molar-refractivity contribution in [3.05, 3.63) is 125 Å². The van der Waals surface area contributed by atoms with Gasteiger partial charge in [-0.3, -0.25) is 4.79 Å². The van der Waals surface area contributed by atoms with Gasteiger partial charge in [-0.1, -0.05) is 42.5 Å². The first kappa shape index (κ1) is 25.0. The number of benzene rings is 4. The van der Waals surface area contributed by atoms with E-state index in [0.29, 0.717) is 51.7 Å². The summed E-state index contributed by atoms with van der Waals surface area (Å²) in [5, 5.41) is 0.588. The van der Waals surface area contributed by atoms with Crippen molar-refractivity contribution in [2.75, 3.05) is 7.11 Å². The van der Waals surface area contributed by atoms with E-state index in [-0.39, 0.29) is 17.3 Å². The molecule has 7 heteroatoms. The summed E-state index contributed by atoms with van der Waals surface area (Å²) in [4.78, 5) is 26.1. The molecule has 0 radical (unpaired) electrons. The lowest BCUT2D eigenvalue weighted by Gasteiger charge is -2.07. The van der Waals surface area contributed by atoms with Crippen LogP contribution in [0.25, 0.3) is 17.0 Å². The summed E-state index contributed by atoms with van der Waals surface area (Å²) in [5.74, 6) is 1.66. The molecule has 6 rings (SSSR count). The molecular formula is C33H24O7. The van der Waals surface area contributed by atoms with Gasteiger partial charge in [0.1, 0.15) is 46.5 Å². The zero-order chi connectivity index (χ0) is 27.6. The maximum absolute atomic E-state index is 13.3. The highest BCUT2D eigenvalue weighted by atomic mass is 16.5. The fraction of sp³-hybridized carbons (Fsp3) is 0.0909. The van der Waals surface area contributed by atoms with Crippen LogP contribution in [0.1, 0.15) is 37.6 Å². The maximum atomic E-state index is 13.3. The molecule has 0 unspecified atom stereocenters. The number of esters is 1. The van der Waals surface area contributed by atoms with Crippen LogP contribution in [0.5, 0.6) is 23.0 Å². The Labute approximate surface area is 230 Å². The third-order valence-corrected chi connectivity index (χ3v) is 6.55. The van der Waals surface area contributed by atoms with E-state index < -0.39 is 5.97 Å². The van der Waals surface area contributed by atoms with Crippen molar-refractivity contribution in [3.63, 3.8) is 0 Å². The molecule has 0 saturated heterocycles.